The van der Waals surface area contributed by atoms with E-state index in [2.05, 4.69) is 5.32 Å². The van der Waals surface area contributed by atoms with E-state index >= 15 is 4.11 Å². The van der Waals surface area contributed by atoms with Crippen LogP contribution in [-0.4, -0.2) is 107 Å². The van der Waals surface area contributed by atoms with Crippen LogP contribution in [0.2, 0.25) is 18.6 Å². The molecule has 6 N–H and O–H groups in total. The molecule has 0 unspecified atom stereocenters. The van der Waals surface area contributed by atoms with Gasteiger partial charge in [0.1, 0.15) is 18.3 Å². The summed E-state index contributed by atoms with van der Waals surface area (Å²) in [5.41, 5.74) is 1.79. The van der Waals surface area contributed by atoms with Gasteiger partial charge in [-0.05, 0) is 55.1 Å². The normalized spacial score (nSPS) is 30.2. The minimum atomic E-state index is -3.23. The number of nitrogens with zero attached hydrogens (tertiary/aromatic N) is 1. The first-order valence-corrected chi connectivity index (χ1v) is 18.3. The number of halogens is 1. The molecule has 2 amide bonds. The third-order valence-electron chi connectivity index (χ3n) is 8.77. The van der Waals surface area contributed by atoms with Crippen molar-refractivity contribution in [3.8, 4) is 0 Å². The van der Waals surface area contributed by atoms with E-state index in [1.807, 2.05) is 43.3 Å². The lowest BCUT2D eigenvalue weighted by atomic mass is 9.95. The lowest BCUT2D eigenvalue weighted by Crippen LogP contribution is -2.60. The summed E-state index contributed by atoms with van der Waals surface area (Å²) in [5.74, 6) is -1.12. The van der Waals surface area contributed by atoms with Crippen LogP contribution in [-0.2, 0) is 32.0 Å². The van der Waals surface area contributed by atoms with Crippen LogP contribution in [0.4, 0.5) is 9.80 Å². The minimum Gasteiger partial charge on any atom is -0.395 e. The van der Waals surface area contributed by atoms with Crippen LogP contribution in [0.1, 0.15) is 30.9 Å². The number of hydrogen-bond acceptors (Lipinski definition) is 9. The molecule has 11 nitrogen and oxygen atoms in total. The van der Waals surface area contributed by atoms with Gasteiger partial charge in [0.05, 0.1) is 25.2 Å². The lowest BCUT2D eigenvalue weighted by Gasteiger charge is -2.37. The molecule has 0 bridgehead atoms. The predicted molar refractivity (Wildman–Crippen MR) is 166 cm³/mol. The Morgan fingerprint density at radius 1 is 0.933 bits per heavy atom. The fourth-order valence-electron chi connectivity index (χ4n) is 6.50. The van der Waals surface area contributed by atoms with Crippen LogP contribution in [0.15, 0.2) is 54.6 Å². The Kier molecular flexibility index (Phi) is 11.9. The molecule has 2 aliphatic heterocycles. The van der Waals surface area contributed by atoms with E-state index in [0.29, 0.717) is 25.1 Å². The summed E-state index contributed by atoms with van der Waals surface area (Å²) in [4.78, 5) is 27.7. The fraction of sp³-hybridized carbons (Fsp3) is 0.562. The molecule has 13 heteroatoms. The molecule has 9 atom stereocenters. The van der Waals surface area contributed by atoms with Crippen LogP contribution >= 0.6 is 0 Å². The van der Waals surface area contributed by atoms with Crippen molar-refractivity contribution in [1.29, 1.82) is 0 Å². The van der Waals surface area contributed by atoms with E-state index in [9.17, 15) is 35.1 Å². The Morgan fingerprint density at radius 3 is 2.29 bits per heavy atom. The second-order valence-electron chi connectivity index (χ2n) is 12.5. The van der Waals surface area contributed by atoms with E-state index in [4.69, 9.17) is 9.47 Å². The molecule has 2 aromatic carbocycles. The zero-order valence-electron chi connectivity index (χ0n) is 25.8. The van der Waals surface area contributed by atoms with Crippen molar-refractivity contribution in [3.63, 3.8) is 0 Å². The highest BCUT2D eigenvalue weighted by Gasteiger charge is 2.52. The van der Waals surface area contributed by atoms with Crippen LogP contribution < -0.4 is 5.32 Å². The van der Waals surface area contributed by atoms with Gasteiger partial charge in [0, 0.05) is 24.3 Å². The molecular weight excluding hydrogens is 603 g/mol. The second-order valence-corrected chi connectivity index (χ2v) is 16.3. The summed E-state index contributed by atoms with van der Waals surface area (Å²) in [5, 5.41) is 51.7. The fourth-order valence-corrected chi connectivity index (χ4v) is 9.04. The standard InChI is InChI=1S/C32H45FN2O9Si/c1-19-23(13-12-20-10-7-11-22(16-20)34-31(41)29-27(39)26(38)28(40)32(42)44-29)43-24(30(19)45(2,3)33)17-25(37)35(14-15-36)18-21-8-5-4-6-9-21/h4-11,16,19,23-24,26-30,32,36,38-40,42H,12-15,17-18H2,1-3H3,(H,34,41)/t19-,23+,24-,26-,27-,28+,29-,30+,32+/m0/s1. The van der Waals surface area contributed by atoms with Crippen LogP contribution in [0.3, 0.4) is 0 Å². The number of nitrogens with one attached hydrogen (secondary N) is 1. The number of carbonyl (C=O) groups excluding carboxylic acids is 2. The quantitative estimate of drug-likeness (QED) is 0.148. The highest BCUT2D eigenvalue weighted by molar-refractivity contribution is 6.72. The van der Waals surface area contributed by atoms with Gasteiger partial charge in [0.2, 0.25) is 14.3 Å². The van der Waals surface area contributed by atoms with Crippen LogP contribution in [0, 0.1) is 5.92 Å². The molecule has 0 aromatic heterocycles. The number of rotatable bonds is 12. The van der Waals surface area contributed by atoms with Gasteiger partial charge in [-0.3, -0.25) is 9.59 Å². The van der Waals surface area contributed by atoms with Crippen LogP contribution in [0.5, 0.6) is 0 Å². The topological polar surface area (TPSA) is 169 Å². The Bertz CT molecular complexity index is 1280. The number of aliphatic hydroxyl groups excluding tert-OH is 5. The molecule has 2 saturated heterocycles. The van der Waals surface area contributed by atoms with Crippen molar-refractivity contribution in [2.24, 2.45) is 5.92 Å². The molecule has 0 saturated carbocycles. The second kappa shape index (κ2) is 15.2. The van der Waals surface area contributed by atoms with Crippen LogP contribution in [0.25, 0.3) is 0 Å². The summed E-state index contributed by atoms with van der Waals surface area (Å²) in [7, 11) is -3.23. The predicted octanol–water partition coefficient (Wildman–Crippen LogP) is 1.72. The van der Waals surface area contributed by atoms with Crippen molar-refractivity contribution in [3.05, 3.63) is 65.7 Å². The zero-order valence-corrected chi connectivity index (χ0v) is 26.8. The molecule has 2 aromatic rings. The van der Waals surface area contributed by atoms with E-state index in [-0.39, 0.29) is 37.5 Å². The summed E-state index contributed by atoms with van der Waals surface area (Å²) in [6, 6.07) is 16.5. The Hall–Kier alpha value is -2.75. The minimum absolute atomic E-state index is 0.0235. The highest BCUT2D eigenvalue weighted by Crippen LogP contribution is 2.47. The number of amides is 2. The van der Waals surface area contributed by atoms with E-state index < -0.39 is 56.7 Å². The third kappa shape index (κ3) is 8.74. The van der Waals surface area contributed by atoms with Crippen molar-refractivity contribution in [2.75, 3.05) is 18.5 Å². The zero-order chi connectivity index (χ0) is 32.9. The smallest absolute Gasteiger partial charge is 0.256 e. The van der Waals surface area contributed by atoms with Gasteiger partial charge in [-0.2, -0.15) is 0 Å². The number of carbonyl (C=O) groups is 2. The maximum Gasteiger partial charge on any atom is 0.256 e. The van der Waals surface area contributed by atoms with Crippen molar-refractivity contribution in [2.45, 2.75) is 94.3 Å². The molecule has 4 rings (SSSR count). The first-order chi connectivity index (χ1) is 21.3. The summed E-state index contributed by atoms with van der Waals surface area (Å²) in [6.45, 7) is 5.58. The molecular formula is C32H45FN2O9Si. The van der Waals surface area contributed by atoms with Gasteiger partial charge in [-0.25, -0.2) is 0 Å². The summed E-state index contributed by atoms with van der Waals surface area (Å²) >= 11 is 0. The average molecular weight is 649 g/mol. The number of anilines is 1. The Labute approximate surface area is 263 Å². The Morgan fingerprint density at radius 2 is 1.62 bits per heavy atom. The van der Waals surface area contributed by atoms with E-state index in [0.717, 1.165) is 11.1 Å². The highest BCUT2D eigenvalue weighted by atomic mass is 28.4. The molecule has 2 aliphatic rings. The number of aliphatic hydroxyl groups is 5. The molecule has 2 heterocycles. The van der Waals surface area contributed by atoms with Gasteiger partial charge in [0.25, 0.3) is 5.91 Å². The number of benzene rings is 2. The monoisotopic (exact) mass is 648 g/mol. The first kappa shape index (κ1) is 35.1. The largest absolute Gasteiger partial charge is 0.395 e. The van der Waals surface area contributed by atoms with Crippen molar-refractivity contribution >= 4 is 25.9 Å². The molecule has 0 spiro atoms. The molecule has 0 aliphatic carbocycles. The maximum absolute atomic E-state index is 15.7. The number of hydrogen-bond donors (Lipinski definition) is 6. The molecule has 248 valence electrons. The third-order valence-corrected chi connectivity index (χ3v) is 11.3. The van der Waals surface area contributed by atoms with E-state index in [1.165, 1.54) is 0 Å². The average Bonchev–Trinajstić information content (AvgIpc) is 3.31. The molecule has 45 heavy (non-hydrogen) atoms. The van der Waals surface area contributed by atoms with Crippen molar-refractivity contribution in [1.82, 2.24) is 4.90 Å². The number of ether oxygens (including phenoxy) is 2. The van der Waals surface area contributed by atoms with Gasteiger partial charge in [-0.1, -0.05) is 49.4 Å². The number of aryl methyl sites for hydroxylation is 1. The SMILES string of the molecule is C[C@@H]1[C@@H]([Si](C)(C)F)[C@H](CC(=O)N(CCO)Cc2ccccc2)O[C@@H]1CCc1cccc(NC(=O)[C@H]2O[C@@H](O)[C@H](O)[C@@H](O)[C@@H]2O)c1. The van der Waals surface area contributed by atoms with Gasteiger partial charge >= 0.3 is 0 Å². The molecule has 0 radical (unpaired) electrons. The van der Waals surface area contributed by atoms with Crippen molar-refractivity contribution < 1.29 is 48.7 Å². The lowest BCUT2D eigenvalue weighted by molar-refractivity contribution is -0.274. The first-order valence-electron chi connectivity index (χ1n) is 15.3. The van der Waals surface area contributed by atoms with E-state index in [1.54, 1.807) is 36.2 Å². The molecule has 2 fully saturated rings. The van der Waals surface area contributed by atoms with Gasteiger partial charge in [-0.15, -0.1) is 0 Å². The van der Waals surface area contributed by atoms with Gasteiger partial charge < -0.3 is 49.3 Å². The summed E-state index contributed by atoms with van der Waals surface area (Å²) < 4.78 is 27.1. The van der Waals surface area contributed by atoms with Gasteiger partial charge in [0.15, 0.2) is 12.4 Å². The summed E-state index contributed by atoms with van der Waals surface area (Å²) in [6.07, 6.45) is -8.44. The maximum atomic E-state index is 15.7. The Balaban J connectivity index is 1.39.